The molecule has 0 fully saturated rings. The van der Waals surface area contributed by atoms with E-state index in [-0.39, 0.29) is 0 Å². The SMILES string of the molecule is COC(=O)c1cccc(Cl)c1NCCCCOc1cccc(C)c1C. The molecule has 2 rings (SSSR count). The number of carbonyl (C=O) groups excluding carboxylic acids is 1. The predicted molar refractivity (Wildman–Crippen MR) is 102 cm³/mol. The van der Waals surface area contributed by atoms with Crippen molar-refractivity contribution in [3.63, 3.8) is 0 Å². The zero-order chi connectivity index (χ0) is 18.2. The first kappa shape index (κ1) is 19.1. The highest BCUT2D eigenvalue weighted by Crippen LogP contribution is 2.26. The number of para-hydroxylation sites is 1. The lowest BCUT2D eigenvalue weighted by molar-refractivity contribution is 0.0602. The van der Waals surface area contributed by atoms with Crippen LogP contribution in [0.25, 0.3) is 0 Å². The van der Waals surface area contributed by atoms with Crippen LogP contribution in [-0.2, 0) is 4.74 Å². The van der Waals surface area contributed by atoms with Crippen molar-refractivity contribution in [2.75, 3.05) is 25.6 Å². The Bertz CT molecular complexity index is 731. The summed E-state index contributed by atoms with van der Waals surface area (Å²) in [5, 5.41) is 3.74. The summed E-state index contributed by atoms with van der Waals surface area (Å²) in [5.41, 5.74) is 3.47. The first-order chi connectivity index (χ1) is 12.0. The lowest BCUT2D eigenvalue weighted by Gasteiger charge is -2.13. The average Bonchev–Trinajstić information content (AvgIpc) is 2.61. The third-order valence-electron chi connectivity index (χ3n) is 4.10. The number of rotatable bonds is 8. The van der Waals surface area contributed by atoms with Crippen molar-refractivity contribution < 1.29 is 14.3 Å². The van der Waals surface area contributed by atoms with Gasteiger partial charge < -0.3 is 14.8 Å². The second kappa shape index (κ2) is 9.33. The second-order valence-corrected chi connectivity index (χ2v) is 6.24. The number of nitrogens with one attached hydrogen (secondary N) is 1. The number of methoxy groups -OCH3 is 1. The maximum Gasteiger partial charge on any atom is 0.340 e. The van der Waals surface area contributed by atoms with E-state index in [2.05, 4.69) is 25.2 Å². The van der Waals surface area contributed by atoms with Crippen LogP contribution in [0.4, 0.5) is 5.69 Å². The number of anilines is 1. The molecular weight excluding hydrogens is 338 g/mol. The van der Waals surface area contributed by atoms with E-state index in [0.29, 0.717) is 29.4 Å². The Hall–Kier alpha value is -2.20. The van der Waals surface area contributed by atoms with Crippen molar-refractivity contribution in [3.05, 3.63) is 58.1 Å². The quantitative estimate of drug-likeness (QED) is 0.530. The summed E-state index contributed by atoms with van der Waals surface area (Å²) in [6.45, 7) is 5.49. The van der Waals surface area contributed by atoms with Crippen molar-refractivity contribution in [1.82, 2.24) is 0 Å². The van der Waals surface area contributed by atoms with Gasteiger partial charge in [-0.3, -0.25) is 0 Å². The normalized spacial score (nSPS) is 10.4. The second-order valence-electron chi connectivity index (χ2n) is 5.83. The molecule has 0 aromatic heterocycles. The molecule has 5 heteroatoms. The molecule has 0 aliphatic carbocycles. The van der Waals surface area contributed by atoms with E-state index < -0.39 is 5.97 Å². The van der Waals surface area contributed by atoms with Gasteiger partial charge in [0.05, 0.1) is 30.0 Å². The Morgan fingerprint density at radius 3 is 2.64 bits per heavy atom. The number of carbonyl (C=O) groups is 1. The van der Waals surface area contributed by atoms with Crippen molar-refractivity contribution in [3.8, 4) is 5.75 Å². The molecule has 25 heavy (non-hydrogen) atoms. The van der Waals surface area contributed by atoms with Gasteiger partial charge in [0, 0.05) is 6.54 Å². The number of ether oxygens (including phenoxy) is 2. The molecule has 0 bridgehead atoms. The highest BCUT2D eigenvalue weighted by molar-refractivity contribution is 6.34. The fourth-order valence-corrected chi connectivity index (χ4v) is 2.73. The molecule has 0 atom stereocenters. The van der Waals surface area contributed by atoms with Crippen molar-refractivity contribution >= 4 is 23.3 Å². The van der Waals surface area contributed by atoms with Crippen LogP contribution in [-0.4, -0.2) is 26.2 Å². The van der Waals surface area contributed by atoms with Gasteiger partial charge in [0.2, 0.25) is 0 Å². The Morgan fingerprint density at radius 2 is 1.88 bits per heavy atom. The first-order valence-electron chi connectivity index (χ1n) is 8.34. The molecule has 2 aromatic rings. The summed E-state index contributed by atoms with van der Waals surface area (Å²) < 4.78 is 10.6. The molecule has 2 aromatic carbocycles. The minimum atomic E-state index is -0.400. The number of halogens is 1. The Labute approximate surface area is 154 Å². The third kappa shape index (κ3) is 5.13. The number of hydrogen-bond acceptors (Lipinski definition) is 4. The molecule has 0 amide bonds. The smallest absolute Gasteiger partial charge is 0.340 e. The van der Waals surface area contributed by atoms with Crippen LogP contribution in [0.5, 0.6) is 5.75 Å². The van der Waals surface area contributed by atoms with Crippen LogP contribution in [0.3, 0.4) is 0 Å². The molecule has 0 spiro atoms. The summed E-state index contributed by atoms with van der Waals surface area (Å²) in [4.78, 5) is 11.8. The molecule has 0 aliphatic rings. The van der Waals surface area contributed by atoms with Gasteiger partial charge in [-0.2, -0.15) is 0 Å². The molecule has 134 valence electrons. The van der Waals surface area contributed by atoms with E-state index in [4.69, 9.17) is 21.1 Å². The van der Waals surface area contributed by atoms with Gasteiger partial charge in [-0.25, -0.2) is 4.79 Å². The topological polar surface area (TPSA) is 47.6 Å². The lowest BCUT2D eigenvalue weighted by Crippen LogP contribution is -2.10. The van der Waals surface area contributed by atoms with Crippen LogP contribution >= 0.6 is 11.6 Å². The summed E-state index contributed by atoms with van der Waals surface area (Å²) in [7, 11) is 1.36. The van der Waals surface area contributed by atoms with Crippen LogP contribution in [0.1, 0.15) is 34.3 Å². The third-order valence-corrected chi connectivity index (χ3v) is 4.42. The average molecular weight is 362 g/mol. The first-order valence-corrected chi connectivity index (χ1v) is 8.72. The van der Waals surface area contributed by atoms with E-state index >= 15 is 0 Å². The monoisotopic (exact) mass is 361 g/mol. The zero-order valence-corrected chi connectivity index (χ0v) is 15.7. The van der Waals surface area contributed by atoms with Crippen LogP contribution < -0.4 is 10.1 Å². The highest BCUT2D eigenvalue weighted by atomic mass is 35.5. The van der Waals surface area contributed by atoms with Crippen LogP contribution in [0.2, 0.25) is 5.02 Å². The molecule has 0 saturated carbocycles. The zero-order valence-electron chi connectivity index (χ0n) is 14.9. The molecule has 0 unspecified atom stereocenters. The summed E-state index contributed by atoms with van der Waals surface area (Å²) >= 11 is 6.19. The lowest BCUT2D eigenvalue weighted by atomic mass is 10.1. The molecule has 4 nitrogen and oxygen atoms in total. The Kier molecular flexibility index (Phi) is 7.14. The van der Waals surface area contributed by atoms with Gasteiger partial charge >= 0.3 is 5.97 Å². The fraction of sp³-hybridized carbons (Fsp3) is 0.350. The number of aryl methyl sites for hydroxylation is 1. The van der Waals surface area contributed by atoms with Gasteiger partial charge in [-0.1, -0.05) is 29.8 Å². The molecular formula is C20H24ClNO3. The number of benzene rings is 2. The Morgan fingerprint density at radius 1 is 1.12 bits per heavy atom. The van der Waals surface area contributed by atoms with Gasteiger partial charge in [-0.15, -0.1) is 0 Å². The number of hydrogen-bond donors (Lipinski definition) is 1. The van der Waals surface area contributed by atoms with Crippen LogP contribution in [0.15, 0.2) is 36.4 Å². The minimum Gasteiger partial charge on any atom is -0.493 e. The predicted octanol–water partition coefficient (Wildman–Crippen LogP) is 5.01. The summed E-state index contributed by atoms with van der Waals surface area (Å²) in [6.07, 6.45) is 1.80. The standard InChI is InChI=1S/C20H24ClNO3/c1-14-8-6-11-18(15(14)2)25-13-5-4-12-22-19-16(20(23)24-3)9-7-10-17(19)21/h6-11,22H,4-5,12-13H2,1-3H3. The summed E-state index contributed by atoms with van der Waals surface area (Å²) in [5.74, 6) is 0.537. The van der Waals surface area contributed by atoms with E-state index in [1.807, 2.05) is 12.1 Å². The van der Waals surface area contributed by atoms with Gasteiger partial charge in [0.1, 0.15) is 5.75 Å². The van der Waals surface area contributed by atoms with Crippen molar-refractivity contribution in [2.24, 2.45) is 0 Å². The molecule has 1 N–H and O–H groups in total. The molecule has 0 radical (unpaired) electrons. The van der Waals surface area contributed by atoms with E-state index in [0.717, 1.165) is 18.6 Å². The van der Waals surface area contributed by atoms with Crippen molar-refractivity contribution in [1.29, 1.82) is 0 Å². The number of esters is 1. The number of unbranched alkanes of at least 4 members (excludes halogenated alkanes) is 1. The Balaban J connectivity index is 1.80. The maximum absolute atomic E-state index is 11.8. The van der Waals surface area contributed by atoms with Crippen LogP contribution in [0, 0.1) is 13.8 Å². The van der Waals surface area contributed by atoms with E-state index in [1.165, 1.54) is 18.2 Å². The largest absolute Gasteiger partial charge is 0.493 e. The van der Waals surface area contributed by atoms with Gasteiger partial charge in [0.25, 0.3) is 0 Å². The molecule has 0 saturated heterocycles. The molecule has 0 aliphatic heterocycles. The highest BCUT2D eigenvalue weighted by Gasteiger charge is 2.14. The van der Waals surface area contributed by atoms with Crippen molar-refractivity contribution in [2.45, 2.75) is 26.7 Å². The van der Waals surface area contributed by atoms with Gasteiger partial charge in [0.15, 0.2) is 0 Å². The molecule has 0 heterocycles. The van der Waals surface area contributed by atoms with E-state index in [1.54, 1.807) is 18.2 Å². The summed E-state index contributed by atoms with van der Waals surface area (Å²) in [6, 6.07) is 11.3. The van der Waals surface area contributed by atoms with Gasteiger partial charge in [-0.05, 0) is 56.0 Å². The van der Waals surface area contributed by atoms with E-state index in [9.17, 15) is 4.79 Å². The fourth-order valence-electron chi connectivity index (χ4n) is 2.49. The minimum absolute atomic E-state index is 0.400. The maximum atomic E-state index is 11.8.